The van der Waals surface area contributed by atoms with E-state index in [-0.39, 0.29) is 0 Å². The molecule has 1 aliphatic heterocycles. The highest BCUT2D eigenvalue weighted by atomic mass is 16.4. The number of aliphatic carboxylic acids is 1. The molecule has 0 aliphatic carbocycles. The summed E-state index contributed by atoms with van der Waals surface area (Å²) in [5.41, 5.74) is 0.578. The SMILES string of the molecule is CC(C)CC1C=C(C(=O)O)CCN1C. The van der Waals surface area contributed by atoms with Gasteiger partial charge in [0.25, 0.3) is 0 Å². The van der Waals surface area contributed by atoms with Crippen LogP contribution in [-0.2, 0) is 4.79 Å². The molecule has 0 radical (unpaired) electrons. The largest absolute Gasteiger partial charge is 0.478 e. The molecule has 1 aliphatic rings. The fraction of sp³-hybridized carbons (Fsp3) is 0.727. The molecule has 0 spiro atoms. The van der Waals surface area contributed by atoms with Gasteiger partial charge in [-0.25, -0.2) is 4.79 Å². The van der Waals surface area contributed by atoms with Crippen LogP contribution in [0.5, 0.6) is 0 Å². The van der Waals surface area contributed by atoms with Crippen LogP contribution in [0.3, 0.4) is 0 Å². The Hall–Kier alpha value is -0.830. The topological polar surface area (TPSA) is 40.5 Å². The second-order valence-corrected chi connectivity index (χ2v) is 4.42. The predicted molar refractivity (Wildman–Crippen MR) is 56.2 cm³/mol. The van der Waals surface area contributed by atoms with Gasteiger partial charge in [0.1, 0.15) is 0 Å². The van der Waals surface area contributed by atoms with Gasteiger partial charge < -0.3 is 5.11 Å². The highest BCUT2D eigenvalue weighted by Gasteiger charge is 2.22. The molecule has 1 N–H and O–H groups in total. The molecule has 0 aromatic heterocycles. The van der Waals surface area contributed by atoms with Gasteiger partial charge in [0.2, 0.25) is 0 Å². The van der Waals surface area contributed by atoms with Crippen LogP contribution in [0, 0.1) is 5.92 Å². The van der Waals surface area contributed by atoms with Crippen LogP contribution in [0.2, 0.25) is 0 Å². The van der Waals surface area contributed by atoms with Gasteiger partial charge in [0.05, 0.1) is 0 Å². The molecule has 14 heavy (non-hydrogen) atoms. The summed E-state index contributed by atoms with van der Waals surface area (Å²) in [6.07, 6.45) is 3.61. The van der Waals surface area contributed by atoms with E-state index in [1.165, 1.54) is 0 Å². The Morgan fingerprint density at radius 2 is 2.36 bits per heavy atom. The smallest absolute Gasteiger partial charge is 0.331 e. The van der Waals surface area contributed by atoms with Crippen molar-refractivity contribution in [1.29, 1.82) is 0 Å². The van der Waals surface area contributed by atoms with Crippen molar-refractivity contribution in [2.45, 2.75) is 32.7 Å². The molecule has 1 unspecified atom stereocenters. The molecule has 0 aromatic carbocycles. The molecule has 0 bridgehead atoms. The zero-order valence-corrected chi connectivity index (χ0v) is 9.16. The van der Waals surface area contributed by atoms with Crippen molar-refractivity contribution in [2.75, 3.05) is 13.6 Å². The standard InChI is InChI=1S/C11H19NO2/c1-8(2)6-10-7-9(11(13)14)4-5-12(10)3/h7-8,10H,4-6H2,1-3H3,(H,13,14). The Balaban J connectivity index is 2.70. The van der Waals surface area contributed by atoms with E-state index in [2.05, 4.69) is 25.8 Å². The minimum absolute atomic E-state index is 0.301. The molecule has 3 heteroatoms. The van der Waals surface area contributed by atoms with Gasteiger partial charge in [-0.3, -0.25) is 4.90 Å². The van der Waals surface area contributed by atoms with Crippen molar-refractivity contribution >= 4 is 5.97 Å². The van der Waals surface area contributed by atoms with Gasteiger partial charge in [-0.05, 0) is 25.8 Å². The summed E-state index contributed by atoms with van der Waals surface area (Å²) in [7, 11) is 2.06. The molecule has 0 saturated carbocycles. The summed E-state index contributed by atoms with van der Waals surface area (Å²) < 4.78 is 0. The molecular weight excluding hydrogens is 178 g/mol. The van der Waals surface area contributed by atoms with E-state index in [0.717, 1.165) is 13.0 Å². The Morgan fingerprint density at radius 1 is 1.71 bits per heavy atom. The molecule has 80 valence electrons. The zero-order chi connectivity index (χ0) is 10.7. The van der Waals surface area contributed by atoms with Crippen molar-refractivity contribution in [2.24, 2.45) is 5.92 Å². The summed E-state index contributed by atoms with van der Waals surface area (Å²) in [5.74, 6) is -0.154. The molecule has 1 rings (SSSR count). The summed E-state index contributed by atoms with van der Waals surface area (Å²) in [6.45, 7) is 5.18. The average molecular weight is 197 g/mol. The first-order valence-electron chi connectivity index (χ1n) is 5.15. The third-order valence-electron chi connectivity index (χ3n) is 2.68. The first-order chi connectivity index (χ1) is 6.50. The lowest BCUT2D eigenvalue weighted by Crippen LogP contribution is -2.36. The van der Waals surface area contributed by atoms with Crippen LogP contribution in [-0.4, -0.2) is 35.6 Å². The Kier molecular flexibility index (Phi) is 3.69. The quantitative estimate of drug-likeness (QED) is 0.749. The van der Waals surface area contributed by atoms with Crippen molar-refractivity contribution in [3.8, 4) is 0 Å². The van der Waals surface area contributed by atoms with E-state index in [9.17, 15) is 4.79 Å². The second-order valence-electron chi connectivity index (χ2n) is 4.42. The van der Waals surface area contributed by atoms with Crippen molar-refractivity contribution in [3.05, 3.63) is 11.6 Å². The van der Waals surface area contributed by atoms with Gasteiger partial charge in [-0.15, -0.1) is 0 Å². The van der Waals surface area contributed by atoms with Crippen LogP contribution < -0.4 is 0 Å². The van der Waals surface area contributed by atoms with Gasteiger partial charge in [0.15, 0.2) is 0 Å². The van der Waals surface area contributed by atoms with Crippen molar-refractivity contribution in [3.63, 3.8) is 0 Å². The lowest BCUT2D eigenvalue weighted by Gasteiger charge is -2.31. The summed E-state index contributed by atoms with van der Waals surface area (Å²) in [6, 6.07) is 0.301. The third-order valence-corrected chi connectivity index (χ3v) is 2.68. The van der Waals surface area contributed by atoms with E-state index < -0.39 is 5.97 Å². The number of likely N-dealkylation sites (N-methyl/N-ethyl adjacent to an activating group) is 1. The van der Waals surface area contributed by atoms with Gasteiger partial charge >= 0.3 is 5.97 Å². The molecular formula is C11H19NO2. The van der Waals surface area contributed by atoms with E-state index in [1.54, 1.807) is 0 Å². The first kappa shape index (κ1) is 11.2. The first-order valence-corrected chi connectivity index (χ1v) is 5.15. The maximum atomic E-state index is 10.8. The monoisotopic (exact) mass is 197 g/mol. The Labute approximate surface area is 85.4 Å². The third kappa shape index (κ3) is 2.84. The minimum atomic E-state index is -0.758. The second kappa shape index (κ2) is 4.60. The molecule has 3 nitrogen and oxygen atoms in total. The lowest BCUT2D eigenvalue weighted by molar-refractivity contribution is -0.133. The van der Waals surface area contributed by atoms with Crippen LogP contribution >= 0.6 is 0 Å². The number of hydrogen-bond donors (Lipinski definition) is 1. The molecule has 1 heterocycles. The highest BCUT2D eigenvalue weighted by molar-refractivity contribution is 5.86. The van der Waals surface area contributed by atoms with E-state index in [4.69, 9.17) is 5.11 Å². The van der Waals surface area contributed by atoms with Crippen LogP contribution in [0.4, 0.5) is 0 Å². The van der Waals surface area contributed by atoms with E-state index >= 15 is 0 Å². The minimum Gasteiger partial charge on any atom is -0.478 e. The molecule has 0 aromatic rings. The Bertz CT molecular complexity index is 246. The summed E-state index contributed by atoms with van der Waals surface area (Å²) >= 11 is 0. The van der Waals surface area contributed by atoms with E-state index in [0.29, 0.717) is 24.0 Å². The molecule has 0 amide bonds. The molecule has 1 atom stereocenters. The average Bonchev–Trinajstić information content (AvgIpc) is 2.07. The zero-order valence-electron chi connectivity index (χ0n) is 9.16. The summed E-state index contributed by atoms with van der Waals surface area (Å²) in [4.78, 5) is 13.0. The number of carboxylic acids is 1. The van der Waals surface area contributed by atoms with Crippen LogP contribution in [0.25, 0.3) is 0 Å². The summed E-state index contributed by atoms with van der Waals surface area (Å²) in [5, 5.41) is 8.89. The number of nitrogens with zero attached hydrogens (tertiary/aromatic N) is 1. The van der Waals surface area contributed by atoms with Gasteiger partial charge in [-0.2, -0.15) is 0 Å². The Morgan fingerprint density at radius 3 is 2.86 bits per heavy atom. The maximum absolute atomic E-state index is 10.8. The maximum Gasteiger partial charge on any atom is 0.331 e. The fourth-order valence-corrected chi connectivity index (χ4v) is 1.81. The number of hydrogen-bond acceptors (Lipinski definition) is 2. The highest BCUT2D eigenvalue weighted by Crippen LogP contribution is 2.20. The van der Waals surface area contributed by atoms with Crippen molar-refractivity contribution < 1.29 is 9.90 Å². The van der Waals surface area contributed by atoms with Gasteiger partial charge in [-0.1, -0.05) is 19.9 Å². The normalized spacial score (nSPS) is 23.7. The van der Waals surface area contributed by atoms with Crippen molar-refractivity contribution in [1.82, 2.24) is 4.90 Å². The number of rotatable bonds is 3. The molecule has 0 saturated heterocycles. The number of carbonyl (C=O) groups is 1. The van der Waals surface area contributed by atoms with Crippen LogP contribution in [0.15, 0.2) is 11.6 Å². The van der Waals surface area contributed by atoms with Gasteiger partial charge in [0, 0.05) is 18.2 Å². The fourth-order valence-electron chi connectivity index (χ4n) is 1.81. The van der Waals surface area contributed by atoms with Crippen LogP contribution in [0.1, 0.15) is 26.7 Å². The van der Waals surface area contributed by atoms with E-state index in [1.807, 2.05) is 6.08 Å². The lowest BCUT2D eigenvalue weighted by atomic mass is 9.96. The number of carboxylic acid groups (broad SMARTS) is 1. The predicted octanol–water partition coefficient (Wildman–Crippen LogP) is 1.75. The molecule has 0 fully saturated rings.